The first-order valence-electron chi connectivity index (χ1n) is 5.37. The average molecular weight is 226 g/mol. The van der Waals surface area contributed by atoms with E-state index >= 15 is 0 Å². The Kier molecular flexibility index (Phi) is 2.69. The van der Waals surface area contributed by atoms with Crippen LogP contribution in [0, 0.1) is 17.8 Å². The Hall–Kier alpha value is -1.39. The van der Waals surface area contributed by atoms with Crippen LogP contribution in [-0.4, -0.2) is 30.9 Å². The fraction of sp³-hybridized carbons (Fsp3) is 0.727. The lowest BCUT2D eigenvalue weighted by molar-refractivity contribution is -0.159. The van der Waals surface area contributed by atoms with Gasteiger partial charge in [0, 0.05) is 12.3 Å². The van der Waals surface area contributed by atoms with E-state index in [4.69, 9.17) is 4.74 Å². The number of ketones is 1. The van der Waals surface area contributed by atoms with Gasteiger partial charge in [0.15, 0.2) is 0 Å². The Morgan fingerprint density at radius 2 is 2.12 bits per heavy atom. The maximum Gasteiger partial charge on any atom is 0.317 e. The van der Waals surface area contributed by atoms with Crippen LogP contribution in [0.2, 0.25) is 0 Å². The third-order valence-electron chi connectivity index (χ3n) is 3.52. The van der Waals surface area contributed by atoms with Crippen molar-refractivity contribution >= 4 is 17.7 Å². The third-order valence-corrected chi connectivity index (χ3v) is 3.52. The van der Waals surface area contributed by atoms with Crippen LogP contribution in [0.5, 0.6) is 0 Å². The number of hydrogen-bond donors (Lipinski definition) is 0. The molecular formula is C11H14O5. The number of fused-ring (bicyclic) bond motifs is 1. The summed E-state index contributed by atoms with van der Waals surface area (Å²) in [7, 11) is 1.23. The highest BCUT2D eigenvalue weighted by atomic mass is 16.6. The van der Waals surface area contributed by atoms with Crippen LogP contribution in [0.25, 0.3) is 0 Å². The van der Waals surface area contributed by atoms with Gasteiger partial charge in [-0.05, 0) is 13.3 Å². The Labute approximate surface area is 93.1 Å². The second-order valence-electron chi connectivity index (χ2n) is 4.34. The van der Waals surface area contributed by atoms with Crippen molar-refractivity contribution < 1.29 is 23.9 Å². The number of esters is 2. The summed E-state index contributed by atoms with van der Waals surface area (Å²) in [6.07, 6.45) is 0.726. The maximum atomic E-state index is 11.7. The van der Waals surface area contributed by atoms with Crippen molar-refractivity contribution in [2.75, 3.05) is 7.11 Å². The normalized spacial score (nSPS) is 37.9. The van der Waals surface area contributed by atoms with Crippen molar-refractivity contribution in [1.82, 2.24) is 0 Å². The number of carbonyl (C=O) groups excluding carboxylic acids is 3. The molecule has 5 nitrogen and oxygen atoms in total. The molecule has 0 spiro atoms. The largest absolute Gasteiger partial charge is 0.468 e. The number of hydrogen-bond acceptors (Lipinski definition) is 5. The molecule has 4 atom stereocenters. The number of rotatable bonds is 1. The molecule has 0 aromatic heterocycles. The molecule has 0 aromatic carbocycles. The lowest BCUT2D eigenvalue weighted by Crippen LogP contribution is -2.42. The summed E-state index contributed by atoms with van der Waals surface area (Å²) < 4.78 is 9.67. The Morgan fingerprint density at radius 1 is 1.44 bits per heavy atom. The van der Waals surface area contributed by atoms with Crippen LogP contribution in [-0.2, 0) is 23.9 Å². The van der Waals surface area contributed by atoms with Gasteiger partial charge in [-0.1, -0.05) is 0 Å². The summed E-state index contributed by atoms with van der Waals surface area (Å²) in [4.78, 5) is 34.8. The first-order valence-corrected chi connectivity index (χ1v) is 5.37. The molecule has 1 aliphatic heterocycles. The molecule has 1 saturated heterocycles. The molecule has 1 aliphatic carbocycles. The van der Waals surface area contributed by atoms with E-state index in [1.165, 1.54) is 7.11 Å². The van der Waals surface area contributed by atoms with E-state index in [9.17, 15) is 14.4 Å². The molecule has 2 aliphatic rings. The lowest BCUT2D eigenvalue weighted by atomic mass is 9.71. The van der Waals surface area contributed by atoms with E-state index in [0.29, 0.717) is 12.8 Å². The molecule has 2 rings (SSSR count). The van der Waals surface area contributed by atoms with Gasteiger partial charge in [0.25, 0.3) is 0 Å². The standard InChI is InChI=1S/C11H14O5/c1-5-6-3-4-7(12)9(10(13)15-2)8(6)11(14)16-5/h5-6,8-9H,3-4H2,1-2H3/t5-,6-,8-,9-/m1/s1. The Morgan fingerprint density at radius 3 is 2.75 bits per heavy atom. The molecule has 0 radical (unpaired) electrons. The Balaban J connectivity index is 2.30. The van der Waals surface area contributed by atoms with Crippen LogP contribution < -0.4 is 0 Å². The average Bonchev–Trinajstić information content (AvgIpc) is 2.53. The lowest BCUT2D eigenvalue weighted by Gasteiger charge is -2.28. The van der Waals surface area contributed by atoms with Gasteiger partial charge in [-0.15, -0.1) is 0 Å². The molecule has 0 bridgehead atoms. The number of ether oxygens (including phenoxy) is 2. The first-order chi connectivity index (χ1) is 7.56. The van der Waals surface area contributed by atoms with Gasteiger partial charge in [0.05, 0.1) is 13.0 Å². The quantitative estimate of drug-likeness (QED) is 0.475. The van der Waals surface area contributed by atoms with E-state index < -0.39 is 23.8 Å². The topological polar surface area (TPSA) is 69.7 Å². The molecule has 0 amide bonds. The number of Topliss-reactive ketones (excluding diaryl/α,β-unsaturated/α-hetero) is 1. The number of cyclic esters (lactones) is 1. The molecule has 1 heterocycles. The van der Waals surface area contributed by atoms with Gasteiger partial charge < -0.3 is 9.47 Å². The van der Waals surface area contributed by atoms with E-state index in [2.05, 4.69) is 4.74 Å². The molecule has 5 heteroatoms. The van der Waals surface area contributed by atoms with Gasteiger partial charge in [-0.2, -0.15) is 0 Å². The van der Waals surface area contributed by atoms with Gasteiger partial charge in [-0.25, -0.2) is 0 Å². The zero-order valence-corrected chi connectivity index (χ0v) is 9.26. The predicted molar refractivity (Wildman–Crippen MR) is 52.3 cm³/mol. The van der Waals surface area contributed by atoms with Gasteiger partial charge in [-0.3, -0.25) is 14.4 Å². The summed E-state index contributed by atoms with van der Waals surface area (Å²) in [5, 5.41) is 0. The number of methoxy groups -OCH3 is 1. The highest BCUT2D eigenvalue weighted by molar-refractivity contribution is 6.03. The SMILES string of the molecule is COC(=O)[C@@H]1C(=O)CC[C@H]2[C@H]1C(=O)O[C@@H]2C. The minimum Gasteiger partial charge on any atom is -0.468 e. The zero-order chi connectivity index (χ0) is 11.9. The third kappa shape index (κ3) is 1.50. The molecule has 2 fully saturated rings. The number of carbonyl (C=O) groups is 3. The van der Waals surface area contributed by atoms with Gasteiger partial charge in [0.1, 0.15) is 17.8 Å². The van der Waals surface area contributed by atoms with Crippen molar-refractivity contribution in [2.24, 2.45) is 17.8 Å². The molecule has 16 heavy (non-hydrogen) atoms. The highest BCUT2D eigenvalue weighted by Crippen LogP contribution is 2.41. The fourth-order valence-corrected chi connectivity index (χ4v) is 2.68. The van der Waals surface area contributed by atoms with Crippen molar-refractivity contribution in [3.8, 4) is 0 Å². The summed E-state index contributed by atoms with van der Waals surface area (Å²) in [6, 6.07) is 0. The molecule has 0 aromatic rings. The van der Waals surface area contributed by atoms with E-state index in [-0.39, 0.29) is 17.8 Å². The molecule has 88 valence electrons. The summed E-state index contributed by atoms with van der Waals surface area (Å²) in [5.41, 5.74) is 0. The van der Waals surface area contributed by atoms with Crippen LogP contribution in [0.3, 0.4) is 0 Å². The maximum absolute atomic E-state index is 11.7. The first kappa shape index (κ1) is 11.1. The van der Waals surface area contributed by atoms with Crippen molar-refractivity contribution in [3.63, 3.8) is 0 Å². The van der Waals surface area contributed by atoms with Crippen LogP contribution >= 0.6 is 0 Å². The molecule has 1 saturated carbocycles. The van der Waals surface area contributed by atoms with Crippen molar-refractivity contribution in [3.05, 3.63) is 0 Å². The Bertz CT molecular complexity index is 340. The summed E-state index contributed by atoms with van der Waals surface area (Å²) in [6.45, 7) is 1.80. The zero-order valence-electron chi connectivity index (χ0n) is 9.26. The van der Waals surface area contributed by atoms with Crippen LogP contribution in [0.4, 0.5) is 0 Å². The van der Waals surface area contributed by atoms with Crippen LogP contribution in [0.15, 0.2) is 0 Å². The van der Waals surface area contributed by atoms with Crippen molar-refractivity contribution in [2.45, 2.75) is 25.9 Å². The van der Waals surface area contributed by atoms with E-state index in [1.807, 2.05) is 0 Å². The smallest absolute Gasteiger partial charge is 0.317 e. The van der Waals surface area contributed by atoms with Gasteiger partial charge >= 0.3 is 11.9 Å². The van der Waals surface area contributed by atoms with Gasteiger partial charge in [0.2, 0.25) is 0 Å². The summed E-state index contributed by atoms with van der Waals surface area (Å²) >= 11 is 0. The highest BCUT2D eigenvalue weighted by Gasteiger charge is 2.54. The minimum atomic E-state index is -0.957. The fourth-order valence-electron chi connectivity index (χ4n) is 2.68. The van der Waals surface area contributed by atoms with E-state index in [0.717, 1.165) is 0 Å². The monoisotopic (exact) mass is 226 g/mol. The second kappa shape index (κ2) is 3.88. The van der Waals surface area contributed by atoms with Crippen LogP contribution in [0.1, 0.15) is 19.8 Å². The predicted octanol–water partition coefficient (Wildman–Crippen LogP) is 0.316. The molecule has 0 N–H and O–H groups in total. The van der Waals surface area contributed by atoms with E-state index in [1.54, 1.807) is 6.92 Å². The molecule has 0 unspecified atom stereocenters. The molecular weight excluding hydrogens is 212 g/mol. The van der Waals surface area contributed by atoms with Crippen molar-refractivity contribution in [1.29, 1.82) is 0 Å². The second-order valence-corrected chi connectivity index (χ2v) is 4.34. The minimum absolute atomic E-state index is 0.0331. The summed E-state index contributed by atoms with van der Waals surface area (Å²) in [5.74, 6) is -2.90.